The molecular weight excluding hydrogens is 384 g/mol. The van der Waals surface area contributed by atoms with Crippen molar-refractivity contribution in [2.75, 3.05) is 14.2 Å². The first-order valence-electron chi connectivity index (χ1n) is 9.62. The second-order valence-corrected chi connectivity index (χ2v) is 7.32. The van der Waals surface area contributed by atoms with Crippen LogP contribution in [0.5, 0.6) is 11.5 Å². The van der Waals surface area contributed by atoms with Gasteiger partial charge in [0.25, 0.3) is 0 Å². The highest BCUT2D eigenvalue weighted by atomic mass is 16.5. The molecule has 0 spiro atoms. The predicted octanol–water partition coefficient (Wildman–Crippen LogP) is 4.20. The number of aromatic hydroxyl groups is 1. The molecule has 2 aromatic heterocycles. The van der Waals surface area contributed by atoms with Crippen LogP contribution in [-0.2, 0) is 11.2 Å². The van der Waals surface area contributed by atoms with Crippen molar-refractivity contribution in [1.82, 2.24) is 9.97 Å². The molecule has 1 aliphatic carbocycles. The maximum absolute atomic E-state index is 13.0. The highest BCUT2D eigenvalue weighted by Crippen LogP contribution is 2.38. The molecule has 152 valence electrons. The minimum atomic E-state index is -0.467. The number of oxazole rings is 1. The summed E-state index contributed by atoms with van der Waals surface area (Å²) in [6.07, 6.45) is 4.76. The molecule has 7 nitrogen and oxygen atoms in total. The van der Waals surface area contributed by atoms with Gasteiger partial charge in [-0.25, -0.2) is 4.98 Å². The van der Waals surface area contributed by atoms with E-state index < -0.39 is 5.43 Å². The molecule has 2 N–H and O–H groups in total. The molecule has 1 aliphatic rings. The molecule has 30 heavy (non-hydrogen) atoms. The summed E-state index contributed by atoms with van der Waals surface area (Å²) in [4.78, 5) is 20.1. The molecule has 0 radical (unpaired) electrons. The molecule has 0 saturated heterocycles. The van der Waals surface area contributed by atoms with E-state index in [4.69, 9.17) is 13.9 Å². The van der Waals surface area contributed by atoms with Crippen molar-refractivity contribution in [1.29, 1.82) is 0 Å². The number of benzene rings is 2. The lowest BCUT2D eigenvalue weighted by molar-refractivity contribution is 0.105. The average molecular weight is 404 g/mol. The quantitative estimate of drug-likeness (QED) is 0.529. The van der Waals surface area contributed by atoms with Gasteiger partial charge in [-0.05, 0) is 36.1 Å². The van der Waals surface area contributed by atoms with E-state index in [1.165, 1.54) is 12.0 Å². The number of pyridine rings is 1. The van der Waals surface area contributed by atoms with E-state index in [9.17, 15) is 9.90 Å². The summed E-state index contributed by atoms with van der Waals surface area (Å²) < 4.78 is 16.4. The van der Waals surface area contributed by atoms with Gasteiger partial charge in [-0.2, -0.15) is 0 Å². The number of aryl methyl sites for hydroxylation is 1. The molecule has 4 aromatic rings. The van der Waals surface area contributed by atoms with Crippen molar-refractivity contribution < 1.29 is 19.0 Å². The van der Waals surface area contributed by atoms with Crippen molar-refractivity contribution in [2.45, 2.75) is 18.9 Å². The smallest absolute Gasteiger partial charge is 0.231 e. The Hall–Kier alpha value is -3.58. The lowest BCUT2D eigenvalue weighted by atomic mass is 10.0. The predicted molar refractivity (Wildman–Crippen MR) is 112 cm³/mol. The van der Waals surface area contributed by atoms with Gasteiger partial charge in [0.15, 0.2) is 17.9 Å². The minimum Gasteiger partial charge on any atom is -0.503 e. The number of fused-ring (bicyclic) bond motifs is 2. The number of nitrogens with one attached hydrogen (secondary N) is 1. The average Bonchev–Trinajstić information content (AvgIpc) is 3.44. The Labute approximate surface area is 171 Å². The van der Waals surface area contributed by atoms with E-state index in [-0.39, 0.29) is 11.9 Å². The second kappa shape index (κ2) is 7.03. The van der Waals surface area contributed by atoms with Gasteiger partial charge in [0, 0.05) is 18.7 Å². The highest BCUT2D eigenvalue weighted by molar-refractivity contribution is 5.90. The Kier molecular flexibility index (Phi) is 4.33. The summed E-state index contributed by atoms with van der Waals surface area (Å²) in [5, 5.41) is 11.1. The zero-order valence-electron chi connectivity index (χ0n) is 16.6. The molecule has 7 heteroatoms. The zero-order valence-corrected chi connectivity index (χ0v) is 16.6. The number of hydrogen-bond acceptors (Lipinski definition) is 6. The van der Waals surface area contributed by atoms with E-state index in [1.54, 1.807) is 32.5 Å². The van der Waals surface area contributed by atoms with Gasteiger partial charge >= 0.3 is 0 Å². The van der Waals surface area contributed by atoms with Crippen LogP contribution in [0.25, 0.3) is 33.5 Å². The largest absolute Gasteiger partial charge is 0.503 e. The maximum atomic E-state index is 13.0. The number of methoxy groups -OCH3 is 2. The van der Waals surface area contributed by atoms with Gasteiger partial charge in [0.1, 0.15) is 5.75 Å². The Balaban J connectivity index is 1.71. The van der Waals surface area contributed by atoms with Crippen LogP contribution in [0, 0.1) is 0 Å². The van der Waals surface area contributed by atoms with Crippen molar-refractivity contribution in [3.05, 3.63) is 64.3 Å². The fraction of sp³-hybridized carbons (Fsp3) is 0.217. The first kappa shape index (κ1) is 18.4. The van der Waals surface area contributed by atoms with Crippen LogP contribution in [-0.4, -0.2) is 29.3 Å². The Morgan fingerprint density at radius 1 is 1.23 bits per heavy atom. The van der Waals surface area contributed by atoms with Gasteiger partial charge in [-0.3, -0.25) is 4.79 Å². The van der Waals surface area contributed by atoms with E-state index in [2.05, 4.69) is 9.97 Å². The number of ether oxygens (including phenoxy) is 2. The summed E-state index contributed by atoms with van der Waals surface area (Å²) >= 11 is 0. The summed E-state index contributed by atoms with van der Waals surface area (Å²) in [6.45, 7) is 0. The van der Waals surface area contributed by atoms with Crippen LogP contribution in [0.15, 0.2) is 52.1 Å². The summed E-state index contributed by atoms with van der Waals surface area (Å²) in [6, 6.07) is 9.28. The van der Waals surface area contributed by atoms with Gasteiger partial charge in [-0.1, -0.05) is 12.1 Å². The lowest BCUT2D eigenvalue weighted by Gasteiger charge is -2.13. The molecule has 0 amide bonds. The Bertz CT molecular complexity index is 1310. The van der Waals surface area contributed by atoms with E-state index in [1.807, 2.05) is 18.2 Å². The fourth-order valence-corrected chi connectivity index (χ4v) is 4.19. The van der Waals surface area contributed by atoms with Crippen LogP contribution in [0.3, 0.4) is 0 Å². The summed E-state index contributed by atoms with van der Waals surface area (Å²) in [5.74, 6) is 0.670. The minimum absolute atomic E-state index is 0.0267. The molecule has 0 bridgehead atoms. The molecule has 2 heterocycles. The van der Waals surface area contributed by atoms with Gasteiger partial charge in [-0.15, -0.1) is 0 Å². The molecular formula is C23H20N2O5. The van der Waals surface area contributed by atoms with Gasteiger partial charge in [0.2, 0.25) is 5.43 Å². The van der Waals surface area contributed by atoms with E-state index in [0.29, 0.717) is 33.7 Å². The highest BCUT2D eigenvalue weighted by Gasteiger charge is 2.24. The fourth-order valence-electron chi connectivity index (χ4n) is 4.19. The monoisotopic (exact) mass is 404 g/mol. The third kappa shape index (κ3) is 2.78. The number of hydrogen-bond donors (Lipinski definition) is 2. The molecule has 0 fully saturated rings. The Morgan fingerprint density at radius 3 is 2.83 bits per heavy atom. The van der Waals surface area contributed by atoms with Gasteiger partial charge < -0.3 is 24.0 Å². The van der Waals surface area contributed by atoms with Crippen LogP contribution < -0.4 is 10.2 Å². The SMILES string of the molecule is COc1cc2[nH]c(-c3ccc4c(c3)C(OC)CC4)c(O)c(=O)c2cc1-c1cnco1. The van der Waals surface area contributed by atoms with Crippen molar-refractivity contribution in [3.63, 3.8) is 0 Å². The van der Waals surface area contributed by atoms with Crippen molar-refractivity contribution in [3.8, 4) is 34.1 Å². The number of nitrogens with zero attached hydrogens (tertiary/aromatic N) is 1. The molecule has 2 aromatic carbocycles. The third-order valence-electron chi connectivity index (χ3n) is 5.74. The molecule has 0 saturated carbocycles. The first-order chi connectivity index (χ1) is 14.6. The van der Waals surface area contributed by atoms with E-state index >= 15 is 0 Å². The maximum Gasteiger partial charge on any atom is 0.231 e. The van der Waals surface area contributed by atoms with Crippen LogP contribution in [0.1, 0.15) is 23.7 Å². The van der Waals surface area contributed by atoms with Crippen molar-refractivity contribution in [2.24, 2.45) is 0 Å². The normalized spacial score (nSPS) is 15.5. The molecule has 1 unspecified atom stereocenters. The molecule has 0 aliphatic heterocycles. The lowest BCUT2D eigenvalue weighted by Crippen LogP contribution is -2.06. The van der Waals surface area contributed by atoms with Crippen LogP contribution in [0.2, 0.25) is 0 Å². The Morgan fingerprint density at radius 2 is 2.10 bits per heavy atom. The molecule has 1 atom stereocenters. The topological polar surface area (TPSA) is 97.6 Å². The first-order valence-corrected chi connectivity index (χ1v) is 9.62. The summed E-state index contributed by atoms with van der Waals surface area (Å²) in [5.41, 5.74) is 4.09. The second-order valence-electron chi connectivity index (χ2n) is 7.32. The van der Waals surface area contributed by atoms with Crippen LogP contribution >= 0.6 is 0 Å². The zero-order chi connectivity index (χ0) is 20.8. The molecule has 5 rings (SSSR count). The van der Waals surface area contributed by atoms with E-state index in [0.717, 1.165) is 24.0 Å². The number of rotatable bonds is 4. The standard InChI is InChI=1S/C23H20N2O5/c1-28-18-6-5-12-3-4-13(7-14(12)18)21-23(27)22(26)15-8-16(20-10-24-11-30-20)19(29-2)9-17(15)25-21/h3-4,7-11,18,27H,5-6H2,1-2H3,(H,25,26). The van der Waals surface area contributed by atoms with Gasteiger partial charge in [0.05, 0.1) is 41.6 Å². The third-order valence-corrected chi connectivity index (χ3v) is 5.74. The summed E-state index contributed by atoms with van der Waals surface area (Å²) in [7, 11) is 3.24. The number of aromatic nitrogens is 2. The number of H-pyrrole nitrogens is 1. The number of aromatic amines is 1. The van der Waals surface area contributed by atoms with Crippen LogP contribution in [0.4, 0.5) is 0 Å². The van der Waals surface area contributed by atoms with Crippen molar-refractivity contribution >= 4 is 10.9 Å².